The van der Waals surface area contributed by atoms with E-state index in [0.29, 0.717) is 53.4 Å². The number of rotatable bonds is 12. The van der Waals surface area contributed by atoms with Crippen LogP contribution in [0.2, 0.25) is 5.02 Å². The average Bonchev–Trinajstić information content (AvgIpc) is 3.93. The highest BCUT2D eigenvalue weighted by Crippen LogP contribution is 2.55. The number of aromatic nitrogens is 4. The number of carbonyl (C=O) groups excluding carboxylic acids is 1. The van der Waals surface area contributed by atoms with Crippen LogP contribution in [0.1, 0.15) is 67.3 Å². The van der Waals surface area contributed by atoms with Gasteiger partial charge in [0, 0.05) is 93.1 Å². The number of amides is 1. The maximum Gasteiger partial charge on any atom is 0.281 e. The molecule has 326 valence electrons. The Hall–Kier alpha value is -5.61. The molecular formula is C47H49ClN8O6S. The van der Waals surface area contributed by atoms with Gasteiger partial charge in [0.25, 0.3) is 11.6 Å². The molecule has 2 saturated heterocycles. The highest BCUT2D eigenvalue weighted by molar-refractivity contribution is 7.83. The van der Waals surface area contributed by atoms with E-state index >= 15 is 0 Å². The van der Waals surface area contributed by atoms with Gasteiger partial charge in [-0.1, -0.05) is 35.7 Å². The van der Waals surface area contributed by atoms with Crippen molar-refractivity contribution in [1.82, 2.24) is 29.4 Å². The maximum atomic E-state index is 14.0. The van der Waals surface area contributed by atoms with Gasteiger partial charge >= 0.3 is 0 Å². The lowest BCUT2D eigenvalue weighted by atomic mass is 9.59. The number of carbonyl (C=O) groups is 1. The average molecular weight is 889 g/mol. The van der Waals surface area contributed by atoms with Gasteiger partial charge in [0.1, 0.15) is 22.7 Å². The fourth-order valence-electron chi connectivity index (χ4n) is 9.78. The number of aromatic amines is 1. The summed E-state index contributed by atoms with van der Waals surface area (Å²) in [6.07, 6.45) is 14.3. The Bertz CT molecular complexity index is 2750. The fourth-order valence-corrected chi connectivity index (χ4v) is 10.7. The first-order chi connectivity index (χ1) is 30.6. The van der Waals surface area contributed by atoms with Crippen molar-refractivity contribution < 1.29 is 23.4 Å². The largest absolute Gasteiger partial charge is 0.455 e. The third kappa shape index (κ3) is 8.84. The number of hydrogen-bond donors (Lipinski definition) is 2. The summed E-state index contributed by atoms with van der Waals surface area (Å²) in [7, 11) is -2.16. The van der Waals surface area contributed by atoms with Crippen molar-refractivity contribution in [2.24, 2.45) is 11.3 Å². The van der Waals surface area contributed by atoms with Crippen molar-refractivity contribution >= 4 is 67.4 Å². The van der Waals surface area contributed by atoms with Crippen LogP contribution in [0.4, 0.5) is 11.4 Å². The molecule has 3 aromatic heterocycles. The Balaban J connectivity index is 0.874. The number of nitro groups is 1. The highest BCUT2D eigenvalue weighted by Gasteiger charge is 2.41. The van der Waals surface area contributed by atoms with Crippen LogP contribution in [0.25, 0.3) is 27.5 Å². The van der Waals surface area contributed by atoms with E-state index in [1.807, 2.05) is 36.4 Å². The number of halogens is 1. The Morgan fingerprint density at radius 3 is 2.60 bits per heavy atom. The van der Waals surface area contributed by atoms with Crippen molar-refractivity contribution in [3.63, 3.8) is 0 Å². The number of fused-ring (bicyclic) bond motifs is 2. The molecule has 2 N–H and O–H groups in total. The molecule has 1 spiro atoms. The number of allylic oxidation sites excluding steroid dienone is 1. The molecule has 10 rings (SSSR count). The fraction of sp³-hybridized carbons (Fsp3) is 0.383. The maximum absolute atomic E-state index is 14.0. The topological polar surface area (TPSA) is 161 Å². The SMILES string of the molecule is O=C(NS(=O)c1cc([N+](=O)[O-])c2cn(CC3CCOCC3)nc2c1)c1ccc(N2CCN(CC3=C(c4ccc(Cl)cc4)CC4(CCC4)CC3)CC2)cc1Oc1cnc2[nH]ccc2c1. The first kappa shape index (κ1) is 41.4. The van der Waals surface area contributed by atoms with Crippen LogP contribution in [-0.4, -0.2) is 85.6 Å². The summed E-state index contributed by atoms with van der Waals surface area (Å²) in [5.74, 6) is 0.368. The standard InChI is InChI=1S/C47H49ClN8O6S/c48-35-4-2-32(3-5-35)40-26-47(12-1-13-47)14-8-34(40)29-53-16-18-54(19-17-53)36-6-7-39(44(23-36)62-37-22-33-9-15-49-45(33)50-27-37)46(57)52-63(60)38-24-42-41(43(25-38)56(58)59)30-55(51-42)28-31-10-20-61-21-11-31/h2-7,9,15,22-25,27,30-31H,1,8,10-14,16-21,26,28-29H2,(H,49,50)(H,52,57). The van der Waals surface area contributed by atoms with Crippen molar-refractivity contribution in [2.75, 3.05) is 50.8 Å². The minimum absolute atomic E-state index is 0.0600. The highest BCUT2D eigenvalue weighted by atomic mass is 35.5. The normalized spacial score (nSPS) is 18.8. The van der Waals surface area contributed by atoms with Gasteiger partial charge in [-0.15, -0.1) is 0 Å². The van der Waals surface area contributed by atoms with Crippen LogP contribution in [0, 0.1) is 21.4 Å². The van der Waals surface area contributed by atoms with Gasteiger partial charge in [-0.3, -0.25) is 29.2 Å². The second-order valence-electron chi connectivity index (χ2n) is 17.5. The molecule has 0 bridgehead atoms. The molecule has 1 atom stereocenters. The Kier molecular flexibility index (Phi) is 11.5. The van der Waals surface area contributed by atoms with E-state index in [1.165, 1.54) is 54.5 Å². The molecule has 4 aliphatic rings. The molecule has 2 aliphatic carbocycles. The second-order valence-corrected chi connectivity index (χ2v) is 19.1. The molecule has 1 amide bonds. The summed E-state index contributed by atoms with van der Waals surface area (Å²) in [5.41, 5.74) is 6.63. The van der Waals surface area contributed by atoms with Crippen LogP contribution in [0.5, 0.6) is 11.5 Å². The zero-order valence-electron chi connectivity index (χ0n) is 34.9. The molecule has 1 saturated carbocycles. The summed E-state index contributed by atoms with van der Waals surface area (Å²) >= 11 is 6.29. The molecule has 14 nitrogen and oxygen atoms in total. The van der Waals surface area contributed by atoms with Gasteiger partial charge < -0.3 is 19.4 Å². The summed E-state index contributed by atoms with van der Waals surface area (Å²) < 4.78 is 30.0. The lowest BCUT2D eigenvalue weighted by Crippen LogP contribution is -2.47. The zero-order valence-corrected chi connectivity index (χ0v) is 36.5. The minimum atomic E-state index is -2.16. The summed E-state index contributed by atoms with van der Waals surface area (Å²) in [5, 5.41) is 18.8. The number of nitrogens with zero attached hydrogens (tertiary/aromatic N) is 6. The number of piperazine rings is 1. The smallest absolute Gasteiger partial charge is 0.281 e. The molecule has 2 aliphatic heterocycles. The molecule has 0 radical (unpaired) electrons. The molecule has 16 heteroatoms. The lowest BCUT2D eigenvalue weighted by molar-refractivity contribution is -0.383. The number of anilines is 1. The van der Waals surface area contributed by atoms with Crippen molar-refractivity contribution in [3.05, 3.63) is 117 Å². The van der Waals surface area contributed by atoms with Gasteiger partial charge in [0.05, 0.1) is 27.0 Å². The van der Waals surface area contributed by atoms with E-state index in [1.54, 1.807) is 29.3 Å². The van der Waals surface area contributed by atoms with E-state index in [2.05, 4.69) is 41.7 Å². The van der Waals surface area contributed by atoms with E-state index in [4.69, 9.17) is 21.1 Å². The van der Waals surface area contributed by atoms with Crippen LogP contribution in [-0.2, 0) is 22.3 Å². The number of pyridine rings is 1. The molecule has 3 fully saturated rings. The number of ether oxygens (including phenoxy) is 2. The second kappa shape index (κ2) is 17.5. The number of H-pyrrole nitrogens is 1. The number of non-ortho nitro benzene ring substituents is 1. The molecule has 5 heterocycles. The number of hydrogen-bond acceptors (Lipinski definition) is 10. The van der Waals surface area contributed by atoms with Crippen LogP contribution in [0.15, 0.2) is 95.8 Å². The predicted molar refractivity (Wildman–Crippen MR) is 244 cm³/mol. The van der Waals surface area contributed by atoms with Crippen LogP contribution in [0.3, 0.4) is 0 Å². The quantitative estimate of drug-likeness (QED) is 0.0896. The van der Waals surface area contributed by atoms with E-state index in [-0.39, 0.29) is 21.9 Å². The van der Waals surface area contributed by atoms with Crippen molar-refractivity contribution in [2.45, 2.75) is 62.8 Å². The lowest BCUT2D eigenvalue weighted by Gasteiger charge is -2.47. The van der Waals surface area contributed by atoms with Gasteiger partial charge in [-0.05, 0) is 110 Å². The van der Waals surface area contributed by atoms with Gasteiger partial charge in [0.2, 0.25) is 0 Å². The van der Waals surface area contributed by atoms with E-state index in [9.17, 15) is 19.1 Å². The molecule has 63 heavy (non-hydrogen) atoms. The van der Waals surface area contributed by atoms with Gasteiger partial charge in [-0.2, -0.15) is 5.10 Å². The van der Waals surface area contributed by atoms with Gasteiger partial charge in [0.15, 0.2) is 11.0 Å². The molecular weight excluding hydrogens is 840 g/mol. The first-order valence-electron chi connectivity index (χ1n) is 21.8. The van der Waals surface area contributed by atoms with Crippen LogP contribution < -0.4 is 14.4 Å². The minimum Gasteiger partial charge on any atom is -0.455 e. The molecule has 3 aromatic carbocycles. The molecule has 6 aromatic rings. The number of nitro benzene ring substituents is 1. The Morgan fingerprint density at radius 1 is 1.03 bits per heavy atom. The predicted octanol–water partition coefficient (Wildman–Crippen LogP) is 9.08. The van der Waals surface area contributed by atoms with Crippen molar-refractivity contribution in [3.8, 4) is 11.5 Å². The summed E-state index contributed by atoms with van der Waals surface area (Å²) in [6, 6.07) is 20.3. The van der Waals surface area contributed by atoms with E-state index in [0.717, 1.165) is 74.5 Å². The third-order valence-electron chi connectivity index (χ3n) is 13.5. The van der Waals surface area contributed by atoms with E-state index < -0.39 is 21.8 Å². The number of nitrogens with one attached hydrogen (secondary N) is 2. The van der Waals surface area contributed by atoms with Crippen molar-refractivity contribution in [1.29, 1.82) is 0 Å². The third-order valence-corrected chi connectivity index (χ3v) is 14.8. The zero-order chi connectivity index (χ0) is 43.1. The Labute approximate surface area is 372 Å². The van der Waals surface area contributed by atoms with Crippen LogP contribution >= 0.6 is 11.6 Å². The first-order valence-corrected chi connectivity index (χ1v) is 23.3. The summed E-state index contributed by atoms with van der Waals surface area (Å²) in [6.45, 7) is 6.19. The Morgan fingerprint density at radius 2 is 1.84 bits per heavy atom. The number of benzene rings is 3. The monoisotopic (exact) mass is 888 g/mol. The molecule has 1 unspecified atom stereocenters. The summed E-state index contributed by atoms with van der Waals surface area (Å²) in [4.78, 5) is 38.2. The van der Waals surface area contributed by atoms with Gasteiger partial charge in [-0.25, -0.2) is 9.19 Å².